The monoisotopic (exact) mass is 250 g/mol. The van der Waals surface area contributed by atoms with Crippen LogP contribution in [0.4, 0.5) is 4.79 Å². The fourth-order valence-corrected chi connectivity index (χ4v) is 1.47. The van der Waals surface area contributed by atoms with Gasteiger partial charge in [0, 0.05) is 6.54 Å². The van der Waals surface area contributed by atoms with Gasteiger partial charge in [-0.25, -0.2) is 4.79 Å². The zero-order valence-electron chi connectivity index (χ0n) is 11.3. The van der Waals surface area contributed by atoms with E-state index in [1.54, 1.807) is 13.8 Å². The maximum atomic E-state index is 11.5. The molecule has 0 fully saturated rings. The molecule has 4 heteroatoms. The Labute approximate surface area is 108 Å². The van der Waals surface area contributed by atoms with E-state index in [1.807, 2.05) is 6.92 Å². The van der Waals surface area contributed by atoms with Crippen molar-refractivity contribution in [3.05, 3.63) is 35.4 Å². The summed E-state index contributed by atoms with van der Waals surface area (Å²) in [6.07, 6.45) is 0.799. The van der Waals surface area contributed by atoms with Crippen molar-refractivity contribution in [2.24, 2.45) is 0 Å². The molecule has 0 atom stereocenters. The van der Waals surface area contributed by atoms with E-state index in [1.165, 1.54) is 11.1 Å². The summed E-state index contributed by atoms with van der Waals surface area (Å²) in [6, 6.07) is 7.99. The molecule has 0 aliphatic rings. The molecule has 0 heterocycles. The predicted octanol–water partition coefficient (Wildman–Crippen LogP) is 1.61. The highest BCUT2D eigenvalue weighted by Crippen LogP contribution is 2.03. The Hall–Kier alpha value is -1.55. The van der Waals surface area contributed by atoms with Crippen LogP contribution in [0.3, 0.4) is 0 Å². The SMILES string of the molecule is Cc1ccc(CCNC(=O)NC(C)(C)CO)cc1. The largest absolute Gasteiger partial charge is 0.394 e. The summed E-state index contributed by atoms with van der Waals surface area (Å²) in [7, 11) is 0. The predicted molar refractivity (Wildman–Crippen MR) is 72.6 cm³/mol. The average Bonchev–Trinajstić information content (AvgIpc) is 2.31. The molecule has 1 rings (SSSR count). The van der Waals surface area contributed by atoms with E-state index in [0.717, 1.165) is 6.42 Å². The molecule has 0 unspecified atom stereocenters. The van der Waals surface area contributed by atoms with Crippen LogP contribution in [0.1, 0.15) is 25.0 Å². The minimum atomic E-state index is -0.589. The van der Waals surface area contributed by atoms with Gasteiger partial charge in [0.05, 0.1) is 12.1 Å². The first kappa shape index (κ1) is 14.5. The highest BCUT2D eigenvalue weighted by molar-refractivity contribution is 5.74. The first-order chi connectivity index (χ1) is 8.43. The molecule has 1 aromatic rings. The normalized spacial score (nSPS) is 11.1. The smallest absolute Gasteiger partial charge is 0.315 e. The maximum Gasteiger partial charge on any atom is 0.315 e. The molecule has 0 saturated carbocycles. The quantitative estimate of drug-likeness (QED) is 0.743. The van der Waals surface area contributed by atoms with Gasteiger partial charge in [-0.3, -0.25) is 0 Å². The lowest BCUT2D eigenvalue weighted by molar-refractivity contribution is 0.182. The Morgan fingerprint density at radius 2 is 1.89 bits per heavy atom. The van der Waals surface area contributed by atoms with Gasteiger partial charge in [0.2, 0.25) is 0 Å². The van der Waals surface area contributed by atoms with Crippen LogP contribution in [0.5, 0.6) is 0 Å². The molecule has 0 bridgehead atoms. The number of carbonyl (C=O) groups is 1. The average molecular weight is 250 g/mol. The second-order valence-electron chi connectivity index (χ2n) is 5.16. The fourth-order valence-electron chi connectivity index (χ4n) is 1.47. The van der Waals surface area contributed by atoms with Gasteiger partial charge in [0.15, 0.2) is 0 Å². The number of amides is 2. The third-order valence-electron chi connectivity index (χ3n) is 2.67. The molecule has 3 N–H and O–H groups in total. The van der Waals surface area contributed by atoms with Crippen LogP contribution in [-0.4, -0.2) is 29.8 Å². The Bertz CT molecular complexity index is 385. The molecule has 0 saturated heterocycles. The number of aryl methyl sites for hydroxylation is 1. The summed E-state index contributed by atoms with van der Waals surface area (Å²) in [6.45, 7) is 6.08. The van der Waals surface area contributed by atoms with Gasteiger partial charge < -0.3 is 15.7 Å². The maximum absolute atomic E-state index is 11.5. The second kappa shape index (κ2) is 6.40. The lowest BCUT2D eigenvalue weighted by Gasteiger charge is -2.23. The van der Waals surface area contributed by atoms with Crippen molar-refractivity contribution < 1.29 is 9.90 Å². The van der Waals surface area contributed by atoms with E-state index >= 15 is 0 Å². The van der Waals surface area contributed by atoms with Gasteiger partial charge in [-0.05, 0) is 32.8 Å². The summed E-state index contributed by atoms with van der Waals surface area (Å²) in [4.78, 5) is 11.5. The van der Waals surface area contributed by atoms with Crippen molar-refractivity contribution in [2.75, 3.05) is 13.2 Å². The Kier molecular flexibility index (Phi) is 5.16. The number of benzene rings is 1. The Morgan fingerprint density at radius 3 is 2.44 bits per heavy atom. The number of urea groups is 1. The van der Waals surface area contributed by atoms with Crippen molar-refractivity contribution in [1.82, 2.24) is 10.6 Å². The van der Waals surface area contributed by atoms with Crippen molar-refractivity contribution >= 4 is 6.03 Å². The summed E-state index contributed by atoms with van der Waals surface area (Å²) in [5.74, 6) is 0. The van der Waals surface area contributed by atoms with E-state index < -0.39 is 5.54 Å². The first-order valence-electron chi connectivity index (χ1n) is 6.15. The standard InChI is InChI=1S/C14H22N2O2/c1-11-4-6-12(7-5-11)8-9-15-13(18)16-14(2,3)10-17/h4-7,17H,8-10H2,1-3H3,(H2,15,16,18). The number of hydrogen-bond donors (Lipinski definition) is 3. The molecule has 4 nitrogen and oxygen atoms in total. The lowest BCUT2D eigenvalue weighted by atomic mass is 10.1. The minimum absolute atomic E-state index is 0.0849. The van der Waals surface area contributed by atoms with E-state index in [0.29, 0.717) is 6.54 Å². The molecule has 0 aliphatic carbocycles. The van der Waals surface area contributed by atoms with E-state index in [2.05, 4.69) is 34.9 Å². The van der Waals surface area contributed by atoms with Crippen molar-refractivity contribution in [3.63, 3.8) is 0 Å². The molecule has 0 aliphatic heterocycles. The number of rotatable bonds is 5. The van der Waals surface area contributed by atoms with Crippen LogP contribution in [0.25, 0.3) is 0 Å². The summed E-state index contributed by atoms with van der Waals surface area (Å²) >= 11 is 0. The Balaban J connectivity index is 2.29. The number of nitrogens with one attached hydrogen (secondary N) is 2. The number of carbonyl (C=O) groups excluding carboxylic acids is 1. The molecule has 0 aromatic heterocycles. The first-order valence-corrected chi connectivity index (χ1v) is 6.15. The molecular weight excluding hydrogens is 228 g/mol. The highest BCUT2D eigenvalue weighted by atomic mass is 16.3. The molecule has 0 spiro atoms. The van der Waals surface area contributed by atoms with Gasteiger partial charge in [-0.2, -0.15) is 0 Å². The third-order valence-corrected chi connectivity index (χ3v) is 2.67. The van der Waals surface area contributed by atoms with Crippen molar-refractivity contribution in [2.45, 2.75) is 32.7 Å². The fraction of sp³-hybridized carbons (Fsp3) is 0.500. The lowest BCUT2D eigenvalue weighted by Crippen LogP contribution is -2.50. The zero-order valence-corrected chi connectivity index (χ0v) is 11.3. The van der Waals surface area contributed by atoms with Gasteiger partial charge in [-0.15, -0.1) is 0 Å². The van der Waals surface area contributed by atoms with E-state index in [4.69, 9.17) is 5.11 Å². The van der Waals surface area contributed by atoms with Gasteiger partial charge >= 0.3 is 6.03 Å². The van der Waals surface area contributed by atoms with Crippen molar-refractivity contribution in [1.29, 1.82) is 0 Å². The number of hydrogen-bond acceptors (Lipinski definition) is 2. The van der Waals surface area contributed by atoms with Crippen LogP contribution >= 0.6 is 0 Å². The second-order valence-corrected chi connectivity index (χ2v) is 5.16. The van der Waals surface area contributed by atoms with Gasteiger partial charge in [-0.1, -0.05) is 29.8 Å². The van der Waals surface area contributed by atoms with Crippen LogP contribution in [0.15, 0.2) is 24.3 Å². The zero-order chi connectivity index (χ0) is 13.6. The topological polar surface area (TPSA) is 61.4 Å². The molecule has 18 heavy (non-hydrogen) atoms. The summed E-state index contributed by atoms with van der Waals surface area (Å²) in [5.41, 5.74) is 1.84. The van der Waals surface area contributed by atoms with Gasteiger partial charge in [0.1, 0.15) is 0 Å². The molecule has 2 amide bonds. The Morgan fingerprint density at radius 1 is 1.28 bits per heavy atom. The molecule has 1 aromatic carbocycles. The van der Waals surface area contributed by atoms with E-state index in [9.17, 15) is 4.79 Å². The van der Waals surface area contributed by atoms with Crippen molar-refractivity contribution in [3.8, 4) is 0 Å². The van der Waals surface area contributed by atoms with Crippen LogP contribution in [-0.2, 0) is 6.42 Å². The minimum Gasteiger partial charge on any atom is -0.394 e. The molecule has 0 radical (unpaired) electrons. The van der Waals surface area contributed by atoms with Crippen LogP contribution < -0.4 is 10.6 Å². The van der Waals surface area contributed by atoms with E-state index in [-0.39, 0.29) is 12.6 Å². The third kappa shape index (κ3) is 5.19. The molecule has 100 valence electrons. The highest BCUT2D eigenvalue weighted by Gasteiger charge is 2.18. The van der Waals surface area contributed by atoms with Gasteiger partial charge in [0.25, 0.3) is 0 Å². The van der Waals surface area contributed by atoms with Crippen LogP contribution in [0, 0.1) is 6.92 Å². The molecular formula is C14H22N2O2. The number of aliphatic hydroxyl groups excluding tert-OH is 1. The number of aliphatic hydroxyl groups is 1. The summed E-state index contributed by atoms with van der Waals surface area (Å²) in [5, 5.41) is 14.5. The van der Waals surface area contributed by atoms with Crippen LogP contribution in [0.2, 0.25) is 0 Å². The summed E-state index contributed by atoms with van der Waals surface area (Å²) < 4.78 is 0.